The molecule has 84 valence electrons. The number of phenolic OH excluding ortho intramolecular Hbond substituents is 1. The number of aromatic hydroxyl groups is 1. The number of hydrogen-bond donors (Lipinski definition) is 2. The van der Waals surface area contributed by atoms with Gasteiger partial charge in [0.2, 0.25) is 0 Å². The number of aliphatic hydroxyl groups is 1. The summed E-state index contributed by atoms with van der Waals surface area (Å²) in [4.78, 5) is 0. The molecule has 0 amide bonds. The first-order valence-electron chi connectivity index (χ1n) is 4.69. The van der Waals surface area contributed by atoms with Crippen LogP contribution in [0.15, 0.2) is 24.3 Å². The van der Waals surface area contributed by atoms with Gasteiger partial charge in [0, 0.05) is 20.6 Å². The molecule has 0 radical (unpaired) electrons. The summed E-state index contributed by atoms with van der Waals surface area (Å²) in [5, 5.41) is 19.0. The maximum atomic E-state index is 9.72. The van der Waals surface area contributed by atoms with Gasteiger partial charge in [0.15, 0.2) is 6.29 Å². The molecule has 0 aliphatic rings. The van der Waals surface area contributed by atoms with Gasteiger partial charge in [0.25, 0.3) is 0 Å². The fourth-order valence-corrected chi connectivity index (χ4v) is 1.43. The van der Waals surface area contributed by atoms with E-state index in [-0.39, 0.29) is 5.75 Å². The Balaban J connectivity index is 2.61. The second-order valence-electron chi connectivity index (χ2n) is 3.28. The highest BCUT2D eigenvalue weighted by molar-refractivity contribution is 5.27. The minimum atomic E-state index is -0.748. The number of benzene rings is 1. The summed E-state index contributed by atoms with van der Waals surface area (Å²) in [6.07, 6.45) is -1.02. The third-order valence-electron chi connectivity index (χ3n) is 2.13. The van der Waals surface area contributed by atoms with E-state index in [4.69, 9.17) is 9.47 Å². The Bertz CT molecular complexity index is 296. The lowest BCUT2D eigenvalue weighted by molar-refractivity contribution is -0.163. The second-order valence-corrected chi connectivity index (χ2v) is 3.28. The molecule has 1 atom stereocenters. The fourth-order valence-electron chi connectivity index (χ4n) is 1.43. The molecule has 0 fully saturated rings. The zero-order valence-electron chi connectivity index (χ0n) is 8.88. The number of hydrogen-bond acceptors (Lipinski definition) is 4. The van der Waals surface area contributed by atoms with E-state index in [1.54, 1.807) is 18.2 Å². The first-order chi connectivity index (χ1) is 7.17. The molecule has 0 saturated carbocycles. The lowest BCUT2D eigenvalue weighted by atomic mass is 10.1. The molecular weight excluding hydrogens is 196 g/mol. The largest absolute Gasteiger partial charge is 0.508 e. The van der Waals surface area contributed by atoms with Crippen LogP contribution in [0.4, 0.5) is 0 Å². The topological polar surface area (TPSA) is 58.9 Å². The first kappa shape index (κ1) is 12.0. The van der Waals surface area contributed by atoms with Gasteiger partial charge in [0.05, 0.1) is 0 Å². The van der Waals surface area contributed by atoms with Gasteiger partial charge in [-0.25, -0.2) is 0 Å². The molecule has 1 aromatic rings. The van der Waals surface area contributed by atoms with Crippen molar-refractivity contribution in [2.24, 2.45) is 0 Å². The maximum Gasteiger partial charge on any atom is 0.183 e. The minimum Gasteiger partial charge on any atom is -0.508 e. The highest BCUT2D eigenvalue weighted by atomic mass is 16.7. The fraction of sp³-hybridized carbons (Fsp3) is 0.455. The van der Waals surface area contributed by atoms with Crippen LogP contribution in [0.2, 0.25) is 0 Å². The van der Waals surface area contributed by atoms with Crippen LogP contribution in [-0.2, 0) is 15.9 Å². The Morgan fingerprint density at radius 3 is 2.47 bits per heavy atom. The minimum absolute atomic E-state index is 0.186. The third-order valence-corrected chi connectivity index (χ3v) is 2.13. The summed E-state index contributed by atoms with van der Waals surface area (Å²) in [7, 11) is 2.94. The van der Waals surface area contributed by atoms with Crippen LogP contribution in [-0.4, -0.2) is 36.8 Å². The normalized spacial score (nSPS) is 13.1. The molecule has 4 nitrogen and oxygen atoms in total. The molecule has 15 heavy (non-hydrogen) atoms. The predicted molar refractivity (Wildman–Crippen MR) is 55.6 cm³/mol. The molecule has 0 heterocycles. The van der Waals surface area contributed by atoms with Crippen molar-refractivity contribution in [2.75, 3.05) is 14.2 Å². The number of methoxy groups -OCH3 is 2. The van der Waals surface area contributed by atoms with E-state index in [1.165, 1.54) is 14.2 Å². The van der Waals surface area contributed by atoms with Crippen LogP contribution in [0, 0.1) is 0 Å². The third kappa shape index (κ3) is 3.51. The van der Waals surface area contributed by atoms with E-state index in [2.05, 4.69) is 0 Å². The molecule has 0 spiro atoms. The van der Waals surface area contributed by atoms with Crippen molar-refractivity contribution in [3.63, 3.8) is 0 Å². The molecule has 1 unspecified atom stereocenters. The van der Waals surface area contributed by atoms with Gasteiger partial charge in [-0.05, 0) is 17.7 Å². The molecule has 0 aliphatic carbocycles. The summed E-state index contributed by atoms with van der Waals surface area (Å²) in [5.74, 6) is 0.186. The van der Waals surface area contributed by atoms with Crippen LogP contribution >= 0.6 is 0 Å². The van der Waals surface area contributed by atoms with Crippen LogP contribution in [0.5, 0.6) is 5.75 Å². The van der Waals surface area contributed by atoms with Crippen molar-refractivity contribution in [1.29, 1.82) is 0 Å². The van der Waals surface area contributed by atoms with Gasteiger partial charge < -0.3 is 19.7 Å². The smallest absolute Gasteiger partial charge is 0.183 e. The summed E-state index contributed by atoms with van der Waals surface area (Å²) >= 11 is 0. The van der Waals surface area contributed by atoms with Crippen molar-refractivity contribution < 1.29 is 19.7 Å². The van der Waals surface area contributed by atoms with E-state index < -0.39 is 12.4 Å². The standard InChI is InChI=1S/C11H16O4/c1-14-11(15-2)10(13)7-8-4-3-5-9(12)6-8/h3-6,10-13H,7H2,1-2H3. The van der Waals surface area contributed by atoms with E-state index >= 15 is 0 Å². The van der Waals surface area contributed by atoms with Crippen molar-refractivity contribution in [3.8, 4) is 5.75 Å². The van der Waals surface area contributed by atoms with Crippen molar-refractivity contribution in [1.82, 2.24) is 0 Å². The van der Waals surface area contributed by atoms with Crippen LogP contribution in [0.1, 0.15) is 5.56 Å². The van der Waals surface area contributed by atoms with Gasteiger partial charge in [-0.15, -0.1) is 0 Å². The Kier molecular flexibility index (Phi) is 4.55. The van der Waals surface area contributed by atoms with E-state index in [0.717, 1.165) is 5.56 Å². The number of phenols is 1. The Morgan fingerprint density at radius 2 is 1.93 bits per heavy atom. The number of ether oxygens (including phenoxy) is 2. The SMILES string of the molecule is COC(OC)C(O)Cc1cccc(O)c1. The Hall–Kier alpha value is -1.10. The quantitative estimate of drug-likeness (QED) is 0.712. The van der Waals surface area contributed by atoms with Crippen molar-refractivity contribution >= 4 is 0 Å². The van der Waals surface area contributed by atoms with Gasteiger partial charge >= 0.3 is 0 Å². The van der Waals surface area contributed by atoms with Gasteiger partial charge in [-0.3, -0.25) is 0 Å². The number of rotatable bonds is 5. The average Bonchev–Trinajstić information content (AvgIpc) is 2.19. The highest BCUT2D eigenvalue weighted by Gasteiger charge is 2.18. The predicted octanol–water partition coefficient (Wildman–Crippen LogP) is 0.914. The summed E-state index contributed by atoms with van der Waals surface area (Å²) < 4.78 is 9.86. The van der Waals surface area contributed by atoms with Gasteiger partial charge in [-0.1, -0.05) is 12.1 Å². The van der Waals surface area contributed by atoms with Crippen LogP contribution in [0.3, 0.4) is 0 Å². The van der Waals surface area contributed by atoms with Crippen molar-refractivity contribution in [3.05, 3.63) is 29.8 Å². The van der Waals surface area contributed by atoms with Crippen molar-refractivity contribution in [2.45, 2.75) is 18.8 Å². The molecule has 2 N–H and O–H groups in total. The molecule has 4 heteroatoms. The Morgan fingerprint density at radius 1 is 1.27 bits per heavy atom. The highest BCUT2D eigenvalue weighted by Crippen LogP contribution is 2.14. The van der Waals surface area contributed by atoms with Crippen LogP contribution in [0.25, 0.3) is 0 Å². The second kappa shape index (κ2) is 5.70. The van der Waals surface area contributed by atoms with Gasteiger partial charge in [0.1, 0.15) is 11.9 Å². The number of aliphatic hydroxyl groups excluding tert-OH is 1. The summed E-state index contributed by atoms with van der Waals surface area (Å²) in [5.41, 5.74) is 0.835. The lowest BCUT2D eigenvalue weighted by Gasteiger charge is -2.19. The first-order valence-corrected chi connectivity index (χ1v) is 4.69. The maximum absolute atomic E-state index is 9.72. The average molecular weight is 212 g/mol. The summed E-state index contributed by atoms with van der Waals surface area (Å²) in [6.45, 7) is 0. The van der Waals surface area contributed by atoms with E-state index in [0.29, 0.717) is 6.42 Å². The lowest BCUT2D eigenvalue weighted by Crippen LogP contribution is -2.31. The Labute approximate surface area is 89.1 Å². The molecule has 1 rings (SSSR count). The molecule has 0 bridgehead atoms. The monoisotopic (exact) mass is 212 g/mol. The molecule has 0 saturated heterocycles. The summed E-state index contributed by atoms with van der Waals surface area (Å²) in [6, 6.07) is 6.74. The molecule has 0 aliphatic heterocycles. The molecular formula is C11H16O4. The van der Waals surface area contributed by atoms with Gasteiger partial charge in [-0.2, -0.15) is 0 Å². The molecule has 0 aromatic heterocycles. The van der Waals surface area contributed by atoms with E-state index in [1.807, 2.05) is 6.07 Å². The van der Waals surface area contributed by atoms with Crippen LogP contribution < -0.4 is 0 Å². The van der Waals surface area contributed by atoms with E-state index in [9.17, 15) is 10.2 Å². The molecule has 1 aromatic carbocycles. The zero-order chi connectivity index (χ0) is 11.3. The zero-order valence-corrected chi connectivity index (χ0v) is 8.88.